The van der Waals surface area contributed by atoms with Crippen LogP contribution in [0, 0.1) is 6.92 Å². The molecule has 0 bridgehead atoms. The molecule has 0 fully saturated rings. The smallest absolute Gasteiger partial charge is 0.159 e. The number of pyridine rings is 1. The van der Waals surface area contributed by atoms with E-state index in [2.05, 4.69) is 22.4 Å². The molecule has 3 nitrogen and oxygen atoms in total. The quantitative estimate of drug-likeness (QED) is 0.688. The third kappa shape index (κ3) is 3.51. The van der Waals surface area contributed by atoms with Crippen LogP contribution in [0.4, 0.5) is 5.82 Å². The molecule has 0 aliphatic rings. The molecule has 1 aromatic heterocycles. The fourth-order valence-corrected chi connectivity index (χ4v) is 2.69. The molecule has 0 saturated carbocycles. The number of aryl methyl sites for hydroxylation is 1. The minimum atomic E-state index is -0.0270. The van der Waals surface area contributed by atoms with Gasteiger partial charge in [0.1, 0.15) is 5.82 Å². The molecule has 3 heteroatoms. The number of aromatic nitrogens is 1. The molecule has 1 atom stereocenters. The Labute approximate surface area is 142 Å². The van der Waals surface area contributed by atoms with E-state index in [1.807, 2.05) is 61.5 Å². The lowest BCUT2D eigenvalue weighted by molar-refractivity contribution is 0.101. The van der Waals surface area contributed by atoms with Crippen molar-refractivity contribution in [1.82, 2.24) is 4.98 Å². The van der Waals surface area contributed by atoms with Crippen LogP contribution in [0.15, 0.2) is 72.9 Å². The lowest BCUT2D eigenvalue weighted by atomic mass is 9.97. The van der Waals surface area contributed by atoms with Crippen molar-refractivity contribution in [2.75, 3.05) is 5.32 Å². The molecule has 0 radical (unpaired) electrons. The maximum atomic E-state index is 11.5. The van der Waals surface area contributed by atoms with Gasteiger partial charge < -0.3 is 5.32 Å². The highest BCUT2D eigenvalue weighted by atomic mass is 16.1. The minimum Gasteiger partial charge on any atom is -0.359 e. The lowest BCUT2D eigenvalue weighted by Gasteiger charge is -2.21. The van der Waals surface area contributed by atoms with Crippen LogP contribution in [-0.2, 0) is 0 Å². The summed E-state index contributed by atoms with van der Waals surface area (Å²) >= 11 is 0. The fraction of sp³-hybridized carbons (Fsp3) is 0.143. The van der Waals surface area contributed by atoms with Gasteiger partial charge in [0.25, 0.3) is 0 Å². The average Bonchev–Trinajstić information content (AvgIpc) is 2.62. The molecule has 0 aliphatic heterocycles. The molecule has 3 rings (SSSR count). The van der Waals surface area contributed by atoms with Gasteiger partial charge in [-0.2, -0.15) is 0 Å². The molecule has 120 valence electrons. The van der Waals surface area contributed by atoms with Crippen molar-refractivity contribution in [2.45, 2.75) is 19.9 Å². The summed E-state index contributed by atoms with van der Waals surface area (Å²) in [5.41, 5.74) is 4.06. The molecule has 1 unspecified atom stereocenters. The Morgan fingerprint density at radius 2 is 1.58 bits per heavy atom. The zero-order valence-corrected chi connectivity index (χ0v) is 13.9. The van der Waals surface area contributed by atoms with Gasteiger partial charge in [-0.15, -0.1) is 0 Å². The van der Waals surface area contributed by atoms with E-state index in [0.717, 1.165) is 28.1 Å². The van der Waals surface area contributed by atoms with Crippen LogP contribution >= 0.6 is 0 Å². The third-order valence-corrected chi connectivity index (χ3v) is 4.07. The molecular weight excluding hydrogens is 296 g/mol. The number of rotatable bonds is 5. The molecule has 24 heavy (non-hydrogen) atoms. The molecule has 1 heterocycles. The lowest BCUT2D eigenvalue weighted by Crippen LogP contribution is -2.14. The van der Waals surface area contributed by atoms with Gasteiger partial charge in [-0.3, -0.25) is 4.79 Å². The van der Waals surface area contributed by atoms with Crippen molar-refractivity contribution in [2.24, 2.45) is 0 Å². The van der Waals surface area contributed by atoms with E-state index in [1.165, 1.54) is 0 Å². The predicted molar refractivity (Wildman–Crippen MR) is 97.3 cm³/mol. The van der Waals surface area contributed by atoms with Crippen LogP contribution in [0.25, 0.3) is 0 Å². The summed E-state index contributed by atoms with van der Waals surface area (Å²) in [4.78, 5) is 16.0. The van der Waals surface area contributed by atoms with E-state index in [1.54, 1.807) is 13.1 Å². The Bertz CT molecular complexity index is 826. The minimum absolute atomic E-state index is 0.0270. The monoisotopic (exact) mass is 316 g/mol. The van der Waals surface area contributed by atoms with E-state index >= 15 is 0 Å². The molecule has 0 amide bonds. The second-order valence-electron chi connectivity index (χ2n) is 5.84. The Morgan fingerprint density at radius 1 is 0.917 bits per heavy atom. The van der Waals surface area contributed by atoms with Crippen LogP contribution in [0.1, 0.15) is 40.0 Å². The van der Waals surface area contributed by atoms with Gasteiger partial charge in [0.2, 0.25) is 0 Å². The van der Waals surface area contributed by atoms with Crippen molar-refractivity contribution < 1.29 is 4.79 Å². The number of carbonyl (C=O) groups is 1. The van der Waals surface area contributed by atoms with Crippen molar-refractivity contribution in [3.63, 3.8) is 0 Å². The Morgan fingerprint density at radius 3 is 2.21 bits per heavy atom. The van der Waals surface area contributed by atoms with Crippen molar-refractivity contribution in [3.8, 4) is 0 Å². The van der Waals surface area contributed by atoms with Crippen LogP contribution in [0.5, 0.6) is 0 Å². The fourth-order valence-electron chi connectivity index (χ4n) is 2.69. The van der Waals surface area contributed by atoms with Crippen LogP contribution in [-0.4, -0.2) is 10.8 Å². The van der Waals surface area contributed by atoms with E-state index in [4.69, 9.17) is 0 Å². The van der Waals surface area contributed by atoms with Gasteiger partial charge in [-0.25, -0.2) is 4.98 Å². The highest BCUT2D eigenvalue weighted by Crippen LogP contribution is 2.27. The maximum Gasteiger partial charge on any atom is 0.159 e. The van der Waals surface area contributed by atoms with Crippen LogP contribution in [0.3, 0.4) is 0 Å². The number of benzene rings is 2. The largest absolute Gasteiger partial charge is 0.359 e. The molecule has 1 N–H and O–H groups in total. The standard InChI is InChI=1S/C21H20N2O/c1-15-7-6-14-22-21(15)23-20(18-8-4-3-5-9-18)19-12-10-17(11-13-19)16(2)24/h3-14,20H,1-2H3,(H,22,23). The summed E-state index contributed by atoms with van der Waals surface area (Å²) in [7, 11) is 0. The SMILES string of the molecule is CC(=O)c1ccc(C(Nc2ncccc2C)c2ccccc2)cc1. The maximum absolute atomic E-state index is 11.5. The second-order valence-corrected chi connectivity index (χ2v) is 5.84. The molecule has 2 aromatic carbocycles. The first-order valence-electron chi connectivity index (χ1n) is 7.99. The van der Waals surface area contributed by atoms with E-state index in [0.29, 0.717) is 0 Å². The van der Waals surface area contributed by atoms with Gasteiger partial charge in [0, 0.05) is 11.8 Å². The first kappa shape index (κ1) is 15.9. The van der Waals surface area contributed by atoms with Crippen molar-refractivity contribution in [1.29, 1.82) is 0 Å². The molecular formula is C21H20N2O. The second kappa shape index (κ2) is 7.09. The summed E-state index contributed by atoms with van der Waals surface area (Å²) in [6.07, 6.45) is 1.79. The summed E-state index contributed by atoms with van der Waals surface area (Å²) in [6.45, 7) is 3.62. The van der Waals surface area contributed by atoms with Gasteiger partial charge >= 0.3 is 0 Å². The summed E-state index contributed by atoms with van der Waals surface area (Å²) < 4.78 is 0. The highest BCUT2D eigenvalue weighted by Gasteiger charge is 2.15. The first-order valence-corrected chi connectivity index (χ1v) is 7.99. The van der Waals surface area contributed by atoms with Crippen LogP contribution < -0.4 is 5.32 Å². The average molecular weight is 316 g/mol. The first-order chi connectivity index (χ1) is 11.6. The van der Waals surface area contributed by atoms with Crippen molar-refractivity contribution >= 4 is 11.6 Å². The zero-order valence-electron chi connectivity index (χ0n) is 13.9. The van der Waals surface area contributed by atoms with Gasteiger partial charge in [0.05, 0.1) is 6.04 Å². The molecule has 0 saturated heterocycles. The number of hydrogen-bond acceptors (Lipinski definition) is 3. The van der Waals surface area contributed by atoms with Crippen LogP contribution in [0.2, 0.25) is 0 Å². The number of carbonyl (C=O) groups excluding carboxylic acids is 1. The van der Waals surface area contributed by atoms with E-state index in [9.17, 15) is 4.79 Å². The zero-order chi connectivity index (χ0) is 16.9. The summed E-state index contributed by atoms with van der Waals surface area (Å²) in [6, 6.07) is 21.9. The number of hydrogen-bond donors (Lipinski definition) is 1. The number of nitrogens with zero attached hydrogens (tertiary/aromatic N) is 1. The third-order valence-electron chi connectivity index (χ3n) is 4.07. The molecule has 0 aliphatic carbocycles. The Hall–Kier alpha value is -2.94. The topological polar surface area (TPSA) is 42.0 Å². The summed E-state index contributed by atoms with van der Waals surface area (Å²) in [5.74, 6) is 0.938. The van der Waals surface area contributed by atoms with E-state index in [-0.39, 0.29) is 11.8 Å². The van der Waals surface area contributed by atoms with Gasteiger partial charge in [-0.1, -0.05) is 60.7 Å². The summed E-state index contributed by atoms with van der Waals surface area (Å²) in [5, 5.41) is 3.53. The Balaban J connectivity index is 1.99. The van der Waals surface area contributed by atoms with E-state index < -0.39 is 0 Å². The Kier molecular flexibility index (Phi) is 4.71. The van der Waals surface area contributed by atoms with Gasteiger partial charge in [0.15, 0.2) is 5.78 Å². The predicted octanol–water partition coefficient (Wildman–Crippen LogP) is 4.79. The number of nitrogens with one attached hydrogen (secondary N) is 1. The number of ketones is 1. The molecule has 3 aromatic rings. The normalized spacial score (nSPS) is 11.8. The highest BCUT2D eigenvalue weighted by molar-refractivity contribution is 5.94. The van der Waals surface area contributed by atoms with Gasteiger partial charge in [-0.05, 0) is 36.6 Å². The molecule has 0 spiro atoms. The number of Topliss-reactive ketones (excluding diaryl/α,β-unsaturated/α-hetero) is 1. The van der Waals surface area contributed by atoms with Crippen molar-refractivity contribution in [3.05, 3.63) is 95.2 Å². The number of anilines is 1.